The van der Waals surface area contributed by atoms with Crippen LogP contribution in [0.3, 0.4) is 0 Å². The molecule has 19 heavy (non-hydrogen) atoms. The quantitative estimate of drug-likeness (QED) is 0.858. The molecule has 2 rings (SSSR count). The lowest BCUT2D eigenvalue weighted by Gasteiger charge is -2.32. The Morgan fingerprint density at radius 1 is 1.32 bits per heavy atom. The number of likely N-dealkylation sites (tertiary alicyclic amines) is 1. The zero-order chi connectivity index (χ0) is 14.0. The van der Waals surface area contributed by atoms with Crippen LogP contribution in [-0.4, -0.2) is 47.6 Å². The number of ether oxygens (including phenoxy) is 1. The van der Waals surface area contributed by atoms with E-state index in [0.717, 1.165) is 25.7 Å². The molecule has 1 aliphatic heterocycles. The topological polar surface area (TPSA) is 49.8 Å². The Balaban J connectivity index is 1.95. The highest BCUT2D eigenvalue weighted by molar-refractivity contribution is 5.74. The molecule has 2 aliphatic rings. The van der Waals surface area contributed by atoms with E-state index in [0.29, 0.717) is 12.3 Å². The van der Waals surface area contributed by atoms with Crippen LogP contribution in [0.25, 0.3) is 0 Å². The Bertz CT molecular complexity index is 335. The fraction of sp³-hybridized carbons (Fsp3) is 0.917. The van der Waals surface area contributed by atoms with Crippen LogP contribution in [0, 0.1) is 5.92 Å². The Hall–Kier alpha value is -0.820. The second-order valence-corrected chi connectivity index (χ2v) is 5.23. The van der Waals surface area contributed by atoms with E-state index >= 15 is 0 Å². The Labute approximate surface area is 109 Å². The van der Waals surface area contributed by atoms with Crippen molar-refractivity contribution in [2.75, 3.05) is 13.2 Å². The van der Waals surface area contributed by atoms with Crippen LogP contribution in [-0.2, 0) is 9.53 Å². The Kier molecular flexibility index (Phi) is 4.35. The van der Waals surface area contributed by atoms with Gasteiger partial charge in [0.1, 0.15) is 6.04 Å². The van der Waals surface area contributed by atoms with E-state index in [1.807, 2.05) is 0 Å². The van der Waals surface area contributed by atoms with Crippen LogP contribution in [0.4, 0.5) is 13.2 Å². The van der Waals surface area contributed by atoms with Gasteiger partial charge in [-0.25, -0.2) is 0 Å². The lowest BCUT2D eigenvalue weighted by atomic mass is 9.85. The lowest BCUT2D eigenvalue weighted by Crippen LogP contribution is -2.44. The van der Waals surface area contributed by atoms with Crippen molar-refractivity contribution in [2.45, 2.75) is 50.6 Å². The molecule has 0 radical (unpaired) electrons. The van der Waals surface area contributed by atoms with Crippen molar-refractivity contribution < 1.29 is 27.8 Å². The summed E-state index contributed by atoms with van der Waals surface area (Å²) in [6.07, 6.45) is -0.146. The van der Waals surface area contributed by atoms with E-state index < -0.39 is 25.0 Å². The van der Waals surface area contributed by atoms with E-state index in [9.17, 15) is 23.1 Å². The molecule has 4 nitrogen and oxygen atoms in total. The molecular weight excluding hydrogens is 263 g/mol. The molecule has 1 heterocycles. The number of carbonyl (C=O) groups is 1. The highest BCUT2D eigenvalue weighted by Gasteiger charge is 2.45. The largest absolute Gasteiger partial charge is 0.522 e. The molecule has 7 heteroatoms. The summed E-state index contributed by atoms with van der Waals surface area (Å²) in [4.78, 5) is 12.9. The Morgan fingerprint density at radius 2 is 2.00 bits per heavy atom. The zero-order valence-electron chi connectivity index (χ0n) is 10.5. The number of hydrogen-bond donors (Lipinski definition) is 1. The molecule has 3 atom stereocenters. The average molecular weight is 281 g/mol. The Morgan fingerprint density at radius 3 is 2.63 bits per heavy atom. The van der Waals surface area contributed by atoms with E-state index in [-0.39, 0.29) is 12.6 Å². The fourth-order valence-electron chi connectivity index (χ4n) is 3.38. The maximum atomic E-state index is 12.0. The number of fused-ring (bicyclic) bond motifs is 1. The standard InChI is InChI=1S/C12H18F3NO3/c13-12(14,15)19-6-5-16-9-4-2-1-3-8(9)7-10(16)11(17)18/h8-10H,1-7H2,(H,17,18). The van der Waals surface area contributed by atoms with Crippen LogP contribution >= 0.6 is 0 Å². The van der Waals surface area contributed by atoms with Gasteiger partial charge in [0.15, 0.2) is 0 Å². The van der Waals surface area contributed by atoms with E-state index in [1.54, 1.807) is 4.90 Å². The van der Waals surface area contributed by atoms with Crippen molar-refractivity contribution >= 4 is 5.97 Å². The van der Waals surface area contributed by atoms with Gasteiger partial charge in [0.25, 0.3) is 0 Å². The molecule has 0 aromatic rings. The van der Waals surface area contributed by atoms with Crippen LogP contribution in [0.2, 0.25) is 0 Å². The summed E-state index contributed by atoms with van der Waals surface area (Å²) < 4.78 is 39.6. The van der Waals surface area contributed by atoms with Crippen LogP contribution in [0.5, 0.6) is 0 Å². The first-order valence-electron chi connectivity index (χ1n) is 6.58. The van der Waals surface area contributed by atoms with E-state index in [4.69, 9.17) is 0 Å². The van der Waals surface area contributed by atoms with Crippen molar-refractivity contribution in [2.24, 2.45) is 5.92 Å². The van der Waals surface area contributed by atoms with E-state index in [2.05, 4.69) is 4.74 Å². The molecule has 0 aromatic heterocycles. The average Bonchev–Trinajstić information content (AvgIpc) is 2.67. The number of alkyl halides is 3. The minimum atomic E-state index is -4.65. The normalized spacial score (nSPS) is 32.3. The first kappa shape index (κ1) is 14.6. The van der Waals surface area contributed by atoms with Gasteiger partial charge in [0.05, 0.1) is 6.61 Å². The molecule has 0 bridgehead atoms. The van der Waals surface area contributed by atoms with Gasteiger partial charge in [0, 0.05) is 12.6 Å². The third kappa shape index (κ3) is 3.60. The predicted octanol–water partition coefficient (Wildman–Crippen LogP) is 2.24. The van der Waals surface area contributed by atoms with Crippen LogP contribution in [0.1, 0.15) is 32.1 Å². The van der Waals surface area contributed by atoms with Gasteiger partial charge in [0.2, 0.25) is 0 Å². The molecule has 1 saturated carbocycles. The second kappa shape index (κ2) is 5.66. The number of carboxylic acids is 1. The van der Waals surface area contributed by atoms with E-state index in [1.165, 1.54) is 0 Å². The van der Waals surface area contributed by atoms with Gasteiger partial charge in [-0.15, -0.1) is 13.2 Å². The van der Waals surface area contributed by atoms with Crippen molar-refractivity contribution in [3.8, 4) is 0 Å². The van der Waals surface area contributed by atoms with Gasteiger partial charge in [-0.1, -0.05) is 12.8 Å². The minimum absolute atomic E-state index is 0.0254. The summed E-state index contributed by atoms with van der Waals surface area (Å²) >= 11 is 0. The zero-order valence-corrected chi connectivity index (χ0v) is 10.5. The maximum Gasteiger partial charge on any atom is 0.522 e. The van der Waals surface area contributed by atoms with Gasteiger partial charge >= 0.3 is 12.3 Å². The molecule has 3 unspecified atom stereocenters. The second-order valence-electron chi connectivity index (χ2n) is 5.23. The smallest absolute Gasteiger partial charge is 0.480 e. The van der Waals surface area contributed by atoms with Crippen LogP contribution < -0.4 is 0 Å². The molecule has 1 saturated heterocycles. The summed E-state index contributed by atoms with van der Waals surface area (Å²) in [5.74, 6) is -0.637. The molecule has 1 aliphatic carbocycles. The lowest BCUT2D eigenvalue weighted by molar-refractivity contribution is -0.325. The molecule has 0 spiro atoms. The minimum Gasteiger partial charge on any atom is -0.480 e. The van der Waals surface area contributed by atoms with Crippen LogP contribution in [0.15, 0.2) is 0 Å². The predicted molar refractivity (Wildman–Crippen MR) is 60.5 cm³/mol. The number of halogens is 3. The van der Waals surface area contributed by atoms with Gasteiger partial charge < -0.3 is 5.11 Å². The van der Waals surface area contributed by atoms with Crippen molar-refractivity contribution in [3.05, 3.63) is 0 Å². The summed E-state index contributed by atoms with van der Waals surface area (Å²) in [7, 11) is 0. The molecule has 0 aromatic carbocycles. The highest BCUT2D eigenvalue weighted by Crippen LogP contribution is 2.39. The number of hydrogen-bond acceptors (Lipinski definition) is 3. The fourth-order valence-corrected chi connectivity index (χ4v) is 3.38. The van der Waals surface area contributed by atoms with Gasteiger partial charge in [-0.2, -0.15) is 0 Å². The first-order chi connectivity index (χ1) is 8.88. The van der Waals surface area contributed by atoms with Crippen molar-refractivity contribution in [3.63, 3.8) is 0 Å². The van der Waals surface area contributed by atoms with Gasteiger partial charge in [-0.05, 0) is 25.2 Å². The summed E-state index contributed by atoms with van der Waals surface area (Å²) in [5, 5.41) is 9.19. The third-order valence-electron chi connectivity index (χ3n) is 4.12. The molecule has 1 N–H and O–H groups in total. The maximum absolute atomic E-state index is 12.0. The highest BCUT2D eigenvalue weighted by atomic mass is 19.4. The van der Waals surface area contributed by atoms with Crippen molar-refractivity contribution in [1.29, 1.82) is 0 Å². The van der Waals surface area contributed by atoms with Crippen molar-refractivity contribution in [1.82, 2.24) is 4.90 Å². The number of nitrogens with zero attached hydrogens (tertiary/aromatic N) is 1. The summed E-state index contributed by atoms with van der Waals surface area (Å²) in [6.45, 7) is -0.478. The summed E-state index contributed by atoms with van der Waals surface area (Å²) in [5.41, 5.74) is 0. The summed E-state index contributed by atoms with van der Waals surface area (Å²) in [6, 6.07) is -0.559. The number of carboxylic acid groups (broad SMARTS) is 1. The number of rotatable bonds is 4. The monoisotopic (exact) mass is 281 g/mol. The molecular formula is C12H18F3NO3. The third-order valence-corrected chi connectivity index (χ3v) is 4.12. The molecule has 0 amide bonds. The molecule has 110 valence electrons. The number of aliphatic carboxylic acids is 1. The molecule has 2 fully saturated rings. The SMILES string of the molecule is O=C(O)C1CC2CCCCC2N1CCOC(F)(F)F. The first-order valence-corrected chi connectivity index (χ1v) is 6.58. The van der Waals surface area contributed by atoms with Gasteiger partial charge in [-0.3, -0.25) is 14.4 Å².